The van der Waals surface area contributed by atoms with Gasteiger partial charge in [-0.05, 0) is 175 Å². The molecular weight excluding hydrogens is 953 g/mol. The van der Waals surface area contributed by atoms with Crippen molar-refractivity contribution in [3.05, 3.63) is 325 Å². The topological polar surface area (TPSA) is 6.48 Å². The van der Waals surface area contributed by atoms with Gasteiger partial charge in [0.25, 0.3) is 0 Å². The second-order valence-electron chi connectivity index (χ2n) is 21.6. The normalized spacial score (nSPS) is 12.7. The fourth-order valence-corrected chi connectivity index (χ4v) is 12.8. The smallest absolute Gasteiger partial charge is 0.0543 e. The summed E-state index contributed by atoms with van der Waals surface area (Å²) in [6, 6.07) is 108. The van der Waals surface area contributed by atoms with Crippen molar-refractivity contribution in [2.24, 2.45) is 0 Å². The van der Waals surface area contributed by atoms with Gasteiger partial charge in [0.2, 0.25) is 0 Å². The molecule has 376 valence electrons. The van der Waals surface area contributed by atoms with Crippen LogP contribution in [0.1, 0.15) is 47.2 Å². The van der Waals surface area contributed by atoms with Crippen LogP contribution in [0.5, 0.6) is 0 Å². The fourth-order valence-electron chi connectivity index (χ4n) is 12.8. The van der Waals surface area contributed by atoms with Gasteiger partial charge in [0.1, 0.15) is 0 Å². The molecule has 0 fully saturated rings. The number of para-hydroxylation sites is 3. The van der Waals surface area contributed by atoms with Gasteiger partial charge in [-0.2, -0.15) is 0 Å². The van der Waals surface area contributed by atoms with Gasteiger partial charge in [-0.25, -0.2) is 0 Å². The van der Waals surface area contributed by atoms with Crippen molar-refractivity contribution in [2.75, 3.05) is 9.80 Å². The minimum Gasteiger partial charge on any atom is -0.310 e. The molecule has 2 aliphatic rings. The largest absolute Gasteiger partial charge is 0.310 e. The van der Waals surface area contributed by atoms with Crippen LogP contribution in [0.3, 0.4) is 0 Å². The highest BCUT2D eigenvalue weighted by molar-refractivity contribution is 5.98. The lowest BCUT2D eigenvalue weighted by molar-refractivity contribution is 0.660. The van der Waals surface area contributed by atoms with E-state index in [9.17, 15) is 0 Å². The van der Waals surface area contributed by atoms with E-state index < -0.39 is 0 Å². The molecule has 79 heavy (non-hydrogen) atoms. The van der Waals surface area contributed by atoms with Crippen LogP contribution < -0.4 is 9.80 Å². The summed E-state index contributed by atoms with van der Waals surface area (Å²) in [7, 11) is 0. The Kier molecular flexibility index (Phi) is 12.1. The van der Waals surface area contributed by atoms with Gasteiger partial charge in [-0.1, -0.05) is 232 Å². The Morgan fingerprint density at radius 1 is 0.241 bits per heavy atom. The van der Waals surface area contributed by atoms with Crippen LogP contribution in [0.2, 0.25) is 0 Å². The molecule has 0 aromatic heterocycles. The number of rotatable bonds is 9. The van der Waals surface area contributed by atoms with E-state index in [0.29, 0.717) is 6.42 Å². The Morgan fingerprint density at radius 3 is 1.15 bits per heavy atom. The Balaban J connectivity index is 1.03. The molecule has 0 atom stereocenters. The molecular formula is C77H58N2. The van der Waals surface area contributed by atoms with Gasteiger partial charge < -0.3 is 9.80 Å². The number of benzene rings is 12. The molecule has 14 rings (SSSR count). The van der Waals surface area contributed by atoms with Crippen LogP contribution in [-0.2, 0) is 18.3 Å². The molecule has 0 N–H and O–H groups in total. The van der Waals surface area contributed by atoms with Crippen molar-refractivity contribution in [2.45, 2.75) is 32.1 Å². The van der Waals surface area contributed by atoms with E-state index in [0.717, 1.165) is 40.5 Å². The lowest BCUT2D eigenvalue weighted by Crippen LogP contribution is -2.16. The van der Waals surface area contributed by atoms with E-state index in [1.807, 2.05) is 0 Å². The van der Waals surface area contributed by atoms with Crippen LogP contribution >= 0.6 is 0 Å². The third-order valence-electron chi connectivity index (χ3n) is 16.6. The summed E-state index contributed by atoms with van der Waals surface area (Å²) in [5.74, 6) is 0. The second-order valence-corrected chi connectivity index (χ2v) is 21.6. The minimum absolute atomic E-state index is 0.104. The molecule has 0 unspecified atom stereocenters. The Bertz CT molecular complexity index is 4160. The number of hydrogen-bond acceptors (Lipinski definition) is 2. The molecule has 0 amide bonds. The third kappa shape index (κ3) is 8.54. The van der Waals surface area contributed by atoms with Crippen LogP contribution in [0.4, 0.5) is 34.1 Å². The predicted octanol–water partition coefficient (Wildman–Crippen LogP) is 20.8. The average Bonchev–Trinajstić information content (AvgIpc) is 4.05. The summed E-state index contributed by atoms with van der Waals surface area (Å²) < 4.78 is 0. The Labute approximate surface area is 464 Å². The van der Waals surface area contributed by atoms with E-state index in [1.54, 1.807) is 0 Å². The van der Waals surface area contributed by atoms with Crippen molar-refractivity contribution in [3.8, 4) is 66.8 Å². The van der Waals surface area contributed by atoms with Gasteiger partial charge in [-0.15, -0.1) is 0 Å². The highest BCUT2D eigenvalue weighted by Gasteiger charge is 2.36. The molecule has 0 aliphatic heterocycles. The van der Waals surface area contributed by atoms with E-state index in [4.69, 9.17) is 0 Å². The average molecular weight is 1010 g/mol. The zero-order valence-electron chi connectivity index (χ0n) is 44.5. The number of fused-ring (bicyclic) bond motifs is 9. The van der Waals surface area contributed by atoms with E-state index in [2.05, 4.69) is 315 Å². The van der Waals surface area contributed by atoms with E-state index in [-0.39, 0.29) is 5.41 Å². The van der Waals surface area contributed by atoms with Gasteiger partial charge in [0.05, 0.1) is 11.4 Å². The van der Waals surface area contributed by atoms with Crippen molar-refractivity contribution in [1.82, 2.24) is 0 Å². The van der Waals surface area contributed by atoms with E-state index in [1.165, 1.54) is 100 Å². The van der Waals surface area contributed by atoms with Crippen LogP contribution in [-0.4, -0.2) is 0 Å². The lowest BCUT2D eigenvalue weighted by Gasteiger charge is -2.32. The highest BCUT2D eigenvalue weighted by atomic mass is 15.2. The minimum atomic E-state index is -0.104. The first kappa shape index (κ1) is 47.7. The molecule has 2 aliphatic carbocycles. The molecule has 0 saturated heterocycles. The molecule has 0 saturated carbocycles. The van der Waals surface area contributed by atoms with Gasteiger partial charge in [-0.3, -0.25) is 0 Å². The van der Waals surface area contributed by atoms with Crippen LogP contribution in [0, 0.1) is 0 Å². The lowest BCUT2D eigenvalue weighted by atomic mass is 9.81. The van der Waals surface area contributed by atoms with Crippen molar-refractivity contribution < 1.29 is 0 Å². The Hall–Kier alpha value is -9.76. The van der Waals surface area contributed by atoms with Crippen LogP contribution in [0.25, 0.3) is 66.8 Å². The number of hydrogen-bond donors (Lipinski definition) is 0. The summed E-state index contributed by atoms with van der Waals surface area (Å²) >= 11 is 0. The predicted molar refractivity (Wildman–Crippen MR) is 333 cm³/mol. The molecule has 12 aromatic rings. The maximum atomic E-state index is 2.52. The summed E-state index contributed by atoms with van der Waals surface area (Å²) in [4.78, 5) is 4.96. The molecule has 12 aromatic carbocycles. The summed E-state index contributed by atoms with van der Waals surface area (Å²) in [5, 5.41) is 0. The van der Waals surface area contributed by atoms with Crippen molar-refractivity contribution in [1.29, 1.82) is 0 Å². The molecule has 0 bridgehead atoms. The second kappa shape index (κ2) is 20.0. The van der Waals surface area contributed by atoms with Crippen molar-refractivity contribution >= 4 is 34.1 Å². The maximum Gasteiger partial charge on any atom is 0.0543 e. The summed E-state index contributed by atoms with van der Waals surface area (Å²) in [6.45, 7) is 4.72. The van der Waals surface area contributed by atoms with Crippen molar-refractivity contribution in [3.63, 3.8) is 0 Å². The molecule has 0 heterocycles. The first-order valence-corrected chi connectivity index (χ1v) is 27.7. The van der Waals surface area contributed by atoms with Gasteiger partial charge in [0, 0.05) is 39.3 Å². The van der Waals surface area contributed by atoms with Gasteiger partial charge in [0.15, 0.2) is 0 Å². The molecule has 2 nitrogen and oxygen atoms in total. The SMILES string of the molecule is CC1(C)c2ccccc2-c2cc(N(c3ccccc3)c3cc4c(cc3-c3ccccc3)-c3ccccc3Cc3cc(N(c5ccccc5)c5ccccc5)c(-c5ccccc5-c5ccccc5)cc3-c3ccccc3C4)ccc21. The quantitative estimate of drug-likeness (QED) is 0.142. The molecule has 0 radical (unpaired) electrons. The van der Waals surface area contributed by atoms with E-state index >= 15 is 0 Å². The monoisotopic (exact) mass is 1010 g/mol. The summed E-state index contributed by atoms with van der Waals surface area (Å²) in [5.41, 5.74) is 29.1. The first-order valence-electron chi connectivity index (χ1n) is 27.7. The molecule has 2 heteroatoms. The highest BCUT2D eigenvalue weighted by Crippen LogP contribution is 2.53. The zero-order chi connectivity index (χ0) is 52.9. The first-order chi connectivity index (χ1) is 39.0. The zero-order valence-corrected chi connectivity index (χ0v) is 44.5. The summed E-state index contributed by atoms with van der Waals surface area (Å²) in [6.07, 6.45) is 1.43. The maximum absolute atomic E-state index is 2.52. The number of anilines is 6. The standard InChI is InChI=1S/C77H58N2/c1-77(2)73-43-25-24-42-67(73)71-50-62(44-45-74(71)77)79(61-36-16-7-17-37-61)75-48-57-46-56-31-19-21-40-65(56)69-52-72(66-41-23-22-38-63(66)53-26-8-3-9-27-53)76(78(59-32-12-5-13-33-59)60-34-14-6-15-35-60)49-58(69)47-55-30-18-20-39-64(55)68(57)51-70(75)54-28-10-4-11-29-54/h3-45,48-52H,46-47H2,1-2H3. The Morgan fingerprint density at radius 2 is 0.620 bits per heavy atom. The van der Waals surface area contributed by atoms with Gasteiger partial charge >= 0.3 is 0 Å². The molecule has 0 spiro atoms. The fraction of sp³-hybridized carbons (Fsp3) is 0.0649. The van der Waals surface area contributed by atoms with Crippen LogP contribution in [0.15, 0.2) is 291 Å². The third-order valence-corrected chi connectivity index (χ3v) is 16.6. The number of nitrogens with zero attached hydrogens (tertiary/aromatic N) is 2.